The highest BCUT2D eigenvalue weighted by Gasteiger charge is 2.55. The second-order valence-corrected chi connectivity index (χ2v) is 20.4. The van der Waals surface area contributed by atoms with Crippen molar-refractivity contribution >= 4 is 34.3 Å². The van der Waals surface area contributed by atoms with Gasteiger partial charge in [-0.05, 0) is 152 Å². The minimum atomic E-state index is -0.0861. The van der Waals surface area contributed by atoms with Crippen LogP contribution in [0.25, 0.3) is 45.2 Å². The van der Waals surface area contributed by atoms with Crippen LogP contribution in [0.5, 0.6) is 0 Å². The van der Waals surface area contributed by atoms with E-state index in [2.05, 4.69) is 243 Å². The van der Waals surface area contributed by atoms with E-state index in [-0.39, 0.29) is 11.5 Å². The molecule has 0 saturated heterocycles. The zero-order valence-corrected chi connectivity index (χ0v) is 39.3. The van der Waals surface area contributed by atoms with Crippen molar-refractivity contribution in [2.24, 2.45) is 35.5 Å². The van der Waals surface area contributed by atoms with Gasteiger partial charge in [0, 0.05) is 22.7 Å². The van der Waals surface area contributed by atoms with E-state index in [0.29, 0.717) is 41.4 Å². The smallest absolute Gasteiger partial charge is 0.0562 e. The maximum Gasteiger partial charge on any atom is 0.0562 e. The molecule has 1 fully saturated rings. The summed E-state index contributed by atoms with van der Waals surface area (Å²) >= 11 is 0. The molecule has 1 heteroatoms. The van der Waals surface area contributed by atoms with Crippen LogP contribution in [0.15, 0.2) is 224 Å². The SMILES string of the molecule is CCC1(CC)c2cc(/C=C/c3cccc4c(-c5ccccc5)ccc(C5C=CC=CC5)c34)ccc2-c2ccc(N(c3ccccc3)C3C=CC4=C(C3)C3C5C=CC=CC5C4C4C=CC=CC43)cc21. The number of para-hydroxylation sites is 1. The van der Waals surface area contributed by atoms with Crippen LogP contribution in [0.3, 0.4) is 0 Å². The van der Waals surface area contributed by atoms with Gasteiger partial charge in [-0.15, -0.1) is 0 Å². The second-order valence-electron chi connectivity index (χ2n) is 20.4. The third-order valence-corrected chi connectivity index (χ3v) is 17.4. The summed E-state index contributed by atoms with van der Waals surface area (Å²) in [7, 11) is 0. The molecule has 6 aromatic rings. The molecule has 6 unspecified atom stereocenters. The quantitative estimate of drug-likeness (QED) is 0.131. The van der Waals surface area contributed by atoms with Gasteiger partial charge in [0.25, 0.3) is 0 Å². The summed E-state index contributed by atoms with van der Waals surface area (Å²) in [5.41, 5.74) is 18.0. The standard InChI is InChI=1S/C67H59N/c1-3-67(4-2)62-41-44(31-33-47-23-18-30-55-51(45-19-8-5-9-20-45)39-40-52(64(47)55)46-21-10-6-11-22-46)32-36-53(62)54-37-34-50(43-63(54)67)68(48-24-12-7-13-25-48)49-35-38-60-61(42-49)66-58-28-16-14-26-56(58)65(60)57-27-15-17-29-59(57)66/h5-21,23-41,43,46,49,56-59,65-66H,3-4,22,42H2,1-2H3/b33-31+. The van der Waals surface area contributed by atoms with E-state index in [4.69, 9.17) is 0 Å². The van der Waals surface area contributed by atoms with E-state index in [1.54, 1.807) is 11.1 Å². The van der Waals surface area contributed by atoms with Crippen LogP contribution < -0.4 is 4.90 Å². The van der Waals surface area contributed by atoms with Gasteiger partial charge >= 0.3 is 0 Å². The highest BCUT2D eigenvalue weighted by molar-refractivity contribution is 6.04. The minimum absolute atomic E-state index is 0.0861. The molecule has 0 spiro atoms. The number of allylic oxidation sites excluding steroid dienone is 14. The Morgan fingerprint density at radius 2 is 1.22 bits per heavy atom. The van der Waals surface area contributed by atoms with Gasteiger partial charge in [-0.2, -0.15) is 0 Å². The number of fused-ring (bicyclic) bond motifs is 4. The van der Waals surface area contributed by atoms with E-state index >= 15 is 0 Å². The van der Waals surface area contributed by atoms with E-state index in [9.17, 15) is 0 Å². The van der Waals surface area contributed by atoms with Gasteiger partial charge < -0.3 is 4.90 Å². The molecule has 0 aliphatic heterocycles. The van der Waals surface area contributed by atoms with Crippen molar-refractivity contribution in [1.82, 2.24) is 0 Å². The zero-order valence-electron chi connectivity index (χ0n) is 39.3. The van der Waals surface area contributed by atoms with Gasteiger partial charge in [0.1, 0.15) is 0 Å². The first-order chi connectivity index (χ1) is 33.6. The second kappa shape index (κ2) is 16.7. The lowest BCUT2D eigenvalue weighted by atomic mass is 9.46. The normalized spacial score (nSPS) is 26.3. The molecule has 0 radical (unpaired) electrons. The van der Waals surface area contributed by atoms with Crippen LogP contribution in [0.2, 0.25) is 0 Å². The Morgan fingerprint density at radius 1 is 0.559 bits per heavy atom. The van der Waals surface area contributed by atoms with Crippen LogP contribution in [-0.2, 0) is 5.41 Å². The van der Waals surface area contributed by atoms with Crippen LogP contribution in [0.4, 0.5) is 11.4 Å². The summed E-state index contributed by atoms with van der Waals surface area (Å²) in [4.78, 5) is 2.67. The van der Waals surface area contributed by atoms with Gasteiger partial charge in [0.2, 0.25) is 0 Å². The fourth-order valence-corrected chi connectivity index (χ4v) is 14.3. The molecule has 14 rings (SSSR count). The first kappa shape index (κ1) is 41.2. The van der Waals surface area contributed by atoms with Gasteiger partial charge in [0.15, 0.2) is 0 Å². The van der Waals surface area contributed by atoms with E-state index < -0.39 is 0 Å². The van der Waals surface area contributed by atoms with Crippen molar-refractivity contribution in [3.8, 4) is 22.3 Å². The lowest BCUT2D eigenvalue weighted by Crippen LogP contribution is -2.52. The third kappa shape index (κ3) is 6.42. The monoisotopic (exact) mass is 877 g/mol. The predicted octanol–water partition coefficient (Wildman–Crippen LogP) is 17.1. The molecule has 1 nitrogen and oxygen atoms in total. The van der Waals surface area contributed by atoms with Gasteiger partial charge in [0.05, 0.1) is 6.04 Å². The predicted molar refractivity (Wildman–Crippen MR) is 288 cm³/mol. The summed E-state index contributed by atoms with van der Waals surface area (Å²) in [5.74, 6) is 3.72. The number of nitrogens with zero attached hydrogens (tertiary/aromatic N) is 1. The summed E-state index contributed by atoms with van der Waals surface area (Å²) in [6.45, 7) is 4.81. The van der Waals surface area contributed by atoms with Crippen LogP contribution in [0.1, 0.15) is 73.3 Å². The maximum absolute atomic E-state index is 2.67. The average molecular weight is 878 g/mol. The highest BCUT2D eigenvalue weighted by atomic mass is 15.2. The Labute approximate surface area is 403 Å². The van der Waals surface area contributed by atoms with Crippen molar-refractivity contribution < 1.29 is 0 Å². The van der Waals surface area contributed by atoms with E-state index in [0.717, 1.165) is 25.7 Å². The lowest BCUT2D eigenvalue weighted by Gasteiger charge is -2.58. The fourth-order valence-electron chi connectivity index (χ4n) is 14.3. The third-order valence-electron chi connectivity index (χ3n) is 17.4. The number of hydrogen-bond donors (Lipinski definition) is 0. The number of hydrogen-bond acceptors (Lipinski definition) is 1. The van der Waals surface area contributed by atoms with Crippen molar-refractivity contribution in [1.29, 1.82) is 0 Å². The van der Waals surface area contributed by atoms with Crippen LogP contribution >= 0.6 is 0 Å². The largest absolute Gasteiger partial charge is 0.334 e. The van der Waals surface area contributed by atoms with Crippen molar-refractivity contribution in [3.05, 3.63) is 251 Å². The summed E-state index contributed by atoms with van der Waals surface area (Å²) in [5, 5.41) is 2.66. The molecule has 0 N–H and O–H groups in total. The van der Waals surface area contributed by atoms with Gasteiger partial charge in [-0.1, -0.05) is 220 Å². The molecule has 6 aromatic carbocycles. The summed E-state index contributed by atoms with van der Waals surface area (Å²) in [6, 6.07) is 48.6. The molecule has 6 atom stereocenters. The molecule has 8 aliphatic rings. The fraction of sp³-hybridized carbons (Fsp3) is 0.224. The molecule has 8 aliphatic carbocycles. The molecule has 0 heterocycles. The average Bonchev–Trinajstić information content (AvgIpc) is 3.69. The van der Waals surface area contributed by atoms with Gasteiger partial charge in [-0.3, -0.25) is 0 Å². The molecule has 332 valence electrons. The van der Waals surface area contributed by atoms with Crippen molar-refractivity contribution in [2.75, 3.05) is 4.90 Å². The highest BCUT2D eigenvalue weighted by Crippen LogP contribution is 2.62. The molecular weight excluding hydrogens is 819 g/mol. The van der Waals surface area contributed by atoms with E-state index in [1.807, 2.05) is 0 Å². The van der Waals surface area contributed by atoms with Crippen LogP contribution in [0, 0.1) is 35.5 Å². The Morgan fingerprint density at radius 3 is 1.93 bits per heavy atom. The molecule has 2 bridgehead atoms. The molecule has 0 amide bonds. The molecule has 0 aromatic heterocycles. The summed E-state index contributed by atoms with van der Waals surface area (Å²) < 4.78 is 0. The Balaban J connectivity index is 0.865. The van der Waals surface area contributed by atoms with Crippen molar-refractivity contribution in [2.45, 2.75) is 56.9 Å². The Kier molecular flexibility index (Phi) is 10.1. The number of rotatable bonds is 9. The number of benzene rings is 6. The number of anilines is 2. The first-order valence-corrected chi connectivity index (χ1v) is 25.5. The summed E-state index contributed by atoms with van der Waals surface area (Å²) in [6.07, 6.45) is 42.5. The maximum atomic E-state index is 2.67. The minimum Gasteiger partial charge on any atom is -0.334 e. The van der Waals surface area contributed by atoms with E-state index in [1.165, 1.54) is 72.2 Å². The Bertz CT molecular complexity index is 3210. The van der Waals surface area contributed by atoms with Crippen LogP contribution in [-0.4, -0.2) is 6.04 Å². The zero-order chi connectivity index (χ0) is 45.3. The lowest BCUT2D eigenvalue weighted by molar-refractivity contribution is 0.0810. The molecular formula is C67H59N. The Hall–Kier alpha value is -6.96. The molecule has 68 heavy (non-hydrogen) atoms. The van der Waals surface area contributed by atoms with Crippen molar-refractivity contribution in [3.63, 3.8) is 0 Å². The van der Waals surface area contributed by atoms with Gasteiger partial charge in [-0.25, -0.2) is 0 Å². The molecule has 1 saturated carbocycles. The topological polar surface area (TPSA) is 3.24 Å². The first-order valence-electron chi connectivity index (χ1n) is 25.5.